The minimum Gasteiger partial charge on any atom is -0.317 e. The molecule has 0 bridgehead atoms. The predicted octanol–water partition coefficient (Wildman–Crippen LogP) is 1.26. The standard InChI is InChI=1S/C11H20N4/c1-8(2)6-15-7-13-14-11(15)10-5-12-4-9(10)3/h7-10,12H,4-6H2,1-3H3. The molecule has 4 heteroatoms. The highest BCUT2D eigenvalue weighted by molar-refractivity contribution is 5.03. The number of nitrogens with one attached hydrogen (secondary N) is 1. The van der Waals surface area contributed by atoms with Crippen LogP contribution in [0.15, 0.2) is 6.33 Å². The number of hydrogen-bond donors (Lipinski definition) is 1. The molecule has 15 heavy (non-hydrogen) atoms. The van der Waals surface area contributed by atoms with Gasteiger partial charge < -0.3 is 9.88 Å². The Morgan fingerprint density at radius 2 is 2.33 bits per heavy atom. The highest BCUT2D eigenvalue weighted by Gasteiger charge is 2.28. The Hall–Kier alpha value is -0.900. The summed E-state index contributed by atoms with van der Waals surface area (Å²) in [5.41, 5.74) is 0. The normalized spacial score (nSPS) is 26.4. The summed E-state index contributed by atoms with van der Waals surface area (Å²) in [7, 11) is 0. The largest absolute Gasteiger partial charge is 0.317 e. The fourth-order valence-corrected chi connectivity index (χ4v) is 2.24. The van der Waals surface area contributed by atoms with E-state index < -0.39 is 0 Å². The molecule has 2 rings (SSSR count). The summed E-state index contributed by atoms with van der Waals surface area (Å²) >= 11 is 0. The van der Waals surface area contributed by atoms with Crippen LogP contribution in [0.4, 0.5) is 0 Å². The van der Waals surface area contributed by atoms with E-state index in [9.17, 15) is 0 Å². The van der Waals surface area contributed by atoms with Gasteiger partial charge in [-0.1, -0.05) is 20.8 Å². The second-order valence-electron chi connectivity index (χ2n) is 4.98. The van der Waals surface area contributed by atoms with E-state index >= 15 is 0 Å². The lowest BCUT2D eigenvalue weighted by Crippen LogP contribution is -2.16. The Labute approximate surface area is 91.1 Å². The summed E-state index contributed by atoms with van der Waals surface area (Å²) in [6.45, 7) is 9.88. The molecule has 1 saturated heterocycles. The lowest BCUT2D eigenvalue weighted by molar-refractivity contribution is 0.464. The van der Waals surface area contributed by atoms with Gasteiger partial charge in [0, 0.05) is 19.0 Å². The summed E-state index contributed by atoms with van der Waals surface area (Å²) in [5, 5.41) is 11.7. The molecule has 0 aromatic carbocycles. The van der Waals surface area contributed by atoms with Crippen LogP contribution < -0.4 is 5.32 Å². The number of aromatic nitrogens is 3. The third-order valence-corrected chi connectivity index (χ3v) is 3.06. The Balaban J connectivity index is 2.16. The van der Waals surface area contributed by atoms with Crippen LogP contribution >= 0.6 is 0 Å². The second kappa shape index (κ2) is 4.31. The molecule has 0 aliphatic carbocycles. The van der Waals surface area contributed by atoms with E-state index in [0.29, 0.717) is 17.8 Å². The maximum Gasteiger partial charge on any atom is 0.137 e. The zero-order valence-electron chi connectivity index (χ0n) is 9.77. The molecule has 0 amide bonds. The van der Waals surface area contributed by atoms with Crippen LogP contribution in [-0.2, 0) is 6.54 Å². The van der Waals surface area contributed by atoms with Crippen molar-refractivity contribution in [2.75, 3.05) is 13.1 Å². The minimum absolute atomic E-state index is 0.534. The van der Waals surface area contributed by atoms with E-state index in [2.05, 4.69) is 40.9 Å². The summed E-state index contributed by atoms with van der Waals surface area (Å²) in [4.78, 5) is 0. The zero-order chi connectivity index (χ0) is 10.8. The van der Waals surface area contributed by atoms with E-state index in [0.717, 1.165) is 25.5 Å². The number of rotatable bonds is 3. The Morgan fingerprint density at radius 1 is 1.53 bits per heavy atom. The molecule has 1 aromatic heterocycles. The van der Waals surface area contributed by atoms with Crippen LogP contribution in [0.5, 0.6) is 0 Å². The monoisotopic (exact) mass is 208 g/mol. The smallest absolute Gasteiger partial charge is 0.137 e. The highest BCUT2D eigenvalue weighted by Crippen LogP contribution is 2.26. The van der Waals surface area contributed by atoms with Gasteiger partial charge in [-0.3, -0.25) is 0 Å². The number of hydrogen-bond acceptors (Lipinski definition) is 3. The zero-order valence-corrected chi connectivity index (χ0v) is 9.77. The van der Waals surface area contributed by atoms with Crippen molar-refractivity contribution in [1.82, 2.24) is 20.1 Å². The fourth-order valence-electron chi connectivity index (χ4n) is 2.24. The molecule has 1 aliphatic rings. The molecule has 4 nitrogen and oxygen atoms in total. The van der Waals surface area contributed by atoms with Crippen LogP contribution in [-0.4, -0.2) is 27.9 Å². The van der Waals surface area contributed by atoms with Crippen molar-refractivity contribution < 1.29 is 0 Å². The van der Waals surface area contributed by atoms with Gasteiger partial charge in [0.15, 0.2) is 0 Å². The van der Waals surface area contributed by atoms with Gasteiger partial charge >= 0.3 is 0 Å². The summed E-state index contributed by atoms with van der Waals surface area (Å²) in [5.74, 6) is 3.00. The van der Waals surface area contributed by atoms with E-state index in [1.54, 1.807) is 0 Å². The lowest BCUT2D eigenvalue weighted by atomic mass is 9.97. The minimum atomic E-state index is 0.534. The van der Waals surface area contributed by atoms with Crippen molar-refractivity contribution in [3.8, 4) is 0 Å². The molecule has 1 N–H and O–H groups in total. The van der Waals surface area contributed by atoms with Gasteiger partial charge in [0.05, 0.1) is 0 Å². The van der Waals surface area contributed by atoms with Crippen molar-refractivity contribution in [3.05, 3.63) is 12.2 Å². The van der Waals surface area contributed by atoms with Crippen molar-refractivity contribution in [2.24, 2.45) is 11.8 Å². The predicted molar refractivity (Wildman–Crippen MR) is 59.6 cm³/mol. The van der Waals surface area contributed by atoms with Crippen LogP contribution in [0.25, 0.3) is 0 Å². The molecule has 1 fully saturated rings. The molecule has 0 saturated carbocycles. The van der Waals surface area contributed by atoms with Gasteiger partial charge in [0.2, 0.25) is 0 Å². The SMILES string of the molecule is CC(C)Cn1cnnc1C1CNCC1C. The highest BCUT2D eigenvalue weighted by atomic mass is 15.3. The molecule has 0 radical (unpaired) electrons. The first-order valence-electron chi connectivity index (χ1n) is 5.77. The first-order valence-corrected chi connectivity index (χ1v) is 5.77. The molecule has 2 heterocycles. The molecular formula is C11H20N4. The maximum absolute atomic E-state index is 4.27. The number of nitrogens with zero attached hydrogens (tertiary/aromatic N) is 3. The van der Waals surface area contributed by atoms with Crippen LogP contribution in [0, 0.1) is 11.8 Å². The summed E-state index contributed by atoms with van der Waals surface area (Å²) < 4.78 is 2.21. The van der Waals surface area contributed by atoms with Gasteiger partial charge in [0.1, 0.15) is 12.2 Å². The van der Waals surface area contributed by atoms with Crippen LogP contribution in [0.3, 0.4) is 0 Å². The van der Waals surface area contributed by atoms with Crippen LogP contribution in [0.1, 0.15) is 32.5 Å². The van der Waals surface area contributed by atoms with Gasteiger partial charge in [-0.15, -0.1) is 10.2 Å². The summed E-state index contributed by atoms with van der Waals surface area (Å²) in [6.07, 6.45) is 1.86. The van der Waals surface area contributed by atoms with E-state index in [1.165, 1.54) is 0 Å². The van der Waals surface area contributed by atoms with E-state index in [-0.39, 0.29) is 0 Å². The first kappa shape index (κ1) is 10.6. The molecular weight excluding hydrogens is 188 g/mol. The Bertz CT molecular complexity index is 318. The van der Waals surface area contributed by atoms with Gasteiger partial charge in [-0.2, -0.15) is 0 Å². The third kappa shape index (κ3) is 2.20. The van der Waals surface area contributed by atoms with Gasteiger partial charge in [-0.05, 0) is 18.4 Å². The van der Waals surface area contributed by atoms with Crippen LogP contribution in [0.2, 0.25) is 0 Å². The lowest BCUT2D eigenvalue weighted by Gasteiger charge is -2.16. The molecule has 2 atom stereocenters. The van der Waals surface area contributed by atoms with Crippen molar-refractivity contribution in [1.29, 1.82) is 0 Å². The molecule has 1 aliphatic heterocycles. The van der Waals surface area contributed by atoms with Gasteiger partial charge in [0.25, 0.3) is 0 Å². The topological polar surface area (TPSA) is 42.7 Å². The fraction of sp³-hybridized carbons (Fsp3) is 0.818. The average molecular weight is 208 g/mol. The van der Waals surface area contributed by atoms with Gasteiger partial charge in [-0.25, -0.2) is 0 Å². The molecule has 2 unspecified atom stereocenters. The van der Waals surface area contributed by atoms with Crippen molar-refractivity contribution in [3.63, 3.8) is 0 Å². The van der Waals surface area contributed by atoms with Crippen molar-refractivity contribution in [2.45, 2.75) is 33.2 Å². The average Bonchev–Trinajstić information content (AvgIpc) is 2.73. The summed E-state index contributed by atoms with van der Waals surface area (Å²) in [6, 6.07) is 0. The van der Waals surface area contributed by atoms with E-state index in [4.69, 9.17) is 0 Å². The molecule has 84 valence electrons. The maximum atomic E-state index is 4.27. The molecule has 1 aromatic rings. The van der Waals surface area contributed by atoms with E-state index in [1.807, 2.05) is 6.33 Å². The Morgan fingerprint density at radius 3 is 2.93 bits per heavy atom. The quantitative estimate of drug-likeness (QED) is 0.813. The third-order valence-electron chi connectivity index (χ3n) is 3.06. The van der Waals surface area contributed by atoms with Crippen molar-refractivity contribution >= 4 is 0 Å². The Kier molecular flexibility index (Phi) is 3.05. The first-order chi connectivity index (χ1) is 7.18. The molecule has 0 spiro atoms. The second-order valence-corrected chi connectivity index (χ2v) is 4.98.